The van der Waals surface area contributed by atoms with Gasteiger partial charge in [-0.25, -0.2) is 0 Å². The Kier molecular flexibility index (Phi) is 7.37. The molecule has 0 radical (unpaired) electrons. The van der Waals surface area contributed by atoms with E-state index in [-0.39, 0.29) is 0 Å². The van der Waals surface area contributed by atoms with E-state index in [0.29, 0.717) is 0 Å². The topological polar surface area (TPSA) is 11.4 Å². The second-order valence-electron chi connectivity index (χ2n) is 12.7. The van der Waals surface area contributed by atoms with Crippen LogP contribution in [0.25, 0.3) is 49.4 Å². The fourth-order valence-corrected chi connectivity index (χ4v) is 7.28. The van der Waals surface area contributed by atoms with E-state index in [0.717, 1.165) is 34.1 Å². The van der Waals surface area contributed by atoms with E-state index in [1.807, 2.05) is 0 Å². The van der Waals surface area contributed by atoms with Crippen LogP contribution in [0.3, 0.4) is 0 Å². The van der Waals surface area contributed by atoms with Gasteiger partial charge in [0.2, 0.25) is 0 Å². The molecule has 1 aromatic heterocycles. The first-order valence-corrected chi connectivity index (χ1v) is 17.1. The van der Waals surface area contributed by atoms with Gasteiger partial charge in [0.25, 0.3) is 0 Å². The minimum atomic E-state index is 1.10. The molecule has 50 heavy (non-hydrogen) atoms. The Morgan fingerprint density at radius 2 is 0.900 bits per heavy atom. The Bertz CT molecular complexity index is 2570. The molecule has 0 unspecified atom stereocenters. The van der Waals surface area contributed by atoms with Crippen molar-refractivity contribution in [2.45, 2.75) is 0 Å². The Morgan fingerprint density at radius 3 is 1.62 bits per heavy atom. The van der Waals surface area contributed by atoms with Crippen LogP contribution in [0.15, 0.2) is 194 Å². The third-order valence-corrected chi connectivity index (χ3v) is 9.78. The Labute approximate surface area is 292 Å². The third kappa shape index (κ3) is 5.17. The minimum absolute atomic E-state index is 1.10. The number of hydrogen-bond acceptors (Lipinski definition) is 2. The van der Waals surface area contributed by atoms with Gasteiger partial charge in [-0.3, -0.25) is 0 Å². The molecule has 0 amide bonds. The van der Waals surface area contributed by atoms with E-state index in [4.69, 9.17) is 0 Å². The molecule has 0 bridgehead atoms. The smallest absolute Gasteiger partial charge is 0.0547 e. The van der Waals surface area contributed by atoms with Crippen molar-refractivity contribution in [2.75, 3.05) is 16.8 Å². The summed E-state index contributed by atoms with van der Waals surface area (Å²) in [6.07, 6.45) is 0. The van der Waals surface area contributed by atoms with Crippen LogP contribution in [-0.4, -0.2) is 11.6 Å². The van der Waals surface area contributed by atoms with Crippen molar-refractivity contribution in [3.05, 3.63) is 194 Å². The van der Waals surface area contributed by atoms with Gasteiger partial charge in [-0.2, -0.15) is 0 Å². The number of hydrogen-bond donors (Lipinski definition) is 0. The SMILES string of the molecule is CN(c1ccccc1)c1ccc(N(c2ccccc2)c2ccc3c(c2)c2c4ccccc4ccc2n3-c2ccc(-c3ccccc3)cc2)cc1. The van der Waals surface area contributed by atoms with E-state index in [9.17, 15) is 0 Å². The van der Waals surface area contributed by atoms with Gasteiger partial charge in [-0.05, 0) is 107 Å². The lowest BCUT2D eigenvalue weighted by Crippen LogP contribution is -2.11. The first-order valence-electron chi connectivity index (χ1n) is 17.1. The number of aromatic nitrogens is 1. The minimum Gasteiger partial charge on any atom is -0.345 e. The van der Waals surface area contributed by atoms with Crippen LogP contribution in [0.5, 0.6) is 0 Å². The number of rotatable bonds is 7. The highest BCUT2D eigenvalue weighted by molar-refractivity contribution is 6.22. The third-order valence-electron chi connectivity index (χ3n) is 9.78. The van der Waals surface area contributed by atoms with Crippen LogP contribution < -0.4 is 9.80 Å². The van der Waals surface area contributed by atoms with E-state index in [1.165, 1.54) is 43.7 Å². The molecule has 0 fully saturated rings. The van der Waals surface area contributed by atoms with E-state index < -0.39 is 0 Å². The Balaban J connectivity index is 1.21. The van der Waals surface area contributed by atoms with Crippen LogP contribution >= 0.6 is 0 Å². The first-order chi connectivity index (χ1) is 24.7. The summed E-state index contributed by atoms with van der Waals surface area (Å²) < 4.78 is 2.41. The summed E-state index contributed by atoms with van der Waals surface area (Å²) in [5, 5.41) is 4.98. The Morgan fingerprint density at radius 1 is 0.380 bits per heavy atom. The van der Waals surface area contributed by atoms with Crippen molar-refractivity contribution < 1.29 is 0 Å². The highest BCUT2D eigenvalue weighted by Crippen LogP contribution is 2.42. The normalized spacial score (nSPS) is 11.3. The van der Waals surface area contributed by atoms with E-state index in [2.05, 4.69) is 216 Å². The molecule has 0 saturated heterocycles. The molecule has 0 atom stereocenters. The molecule has 0 saturated carbocycles. The summed E-state index contributed by atoms with van der Waals surface area (Å²) in [6, 6.07) is 69.7. The number of benzene rings is 8. The molecule has 3 nitrogen and oxygen atoms in total. The summed E-state index contributed by atoms with van der Waals surface area (Å²) in [5.74, 6) is 0. The molecule has 8 aromatic carbocycles. The van der Waals surface area contributed by atoms with Crippen LogP contribution in [0.4, 0.5) is 28.4 Å². The number of anilines is 5. The van der Waals surface area contributed by atoms with Crippen molar-refractivity contribution in [3.8, 4) is 16.8 Å². The lowest BCUT2D eigenvalue weighted by atomic mass is 10.0. The highest BCUT2D eigenvalue weighted by Gasteiger charge is 2.19. The van der Waals surface area contributed by atoms with Gasteiger partial charge >= 0.3 is 0 Å². The maximum Gasteiger partial charge on any atom is 0.0547 e. The van der Waals surface area contributed by atoms with Gasteiger partial charge in [0.05, 0.1) is 11.0 Å². The predicted octanol–water partition coefficient (Wildman–Crippen LogP) is 12.8. The van der Waals surface area contributed by atoms with Crippen molar-refractivity contribution >= 4 is 61.0 Å². The van der Waals surface area contributed by atoms with Gasteiger partial charge in [0.1, 0.15) is 0 Å². The molecule has 9 aromatic rings. The number of para-hydroxylation sites is 2. The van der Waals surface area contributed by atoms with Gasteiger partial charge < -0.3 is 14.4 Å². The average Bonchev–Trinajstić information content (AvgIpc) is 3.53. The highest BCUT2D eigenvalue weighted by atomic mass is 15.1. The molecule has 3 heteroatoms. The summed E-state index contributed by atoms with van der Waals surface area (Å²) in [7, 11) is 2.11. The maximum atomic E-state index is 2.41. The predicted molar refractivity (Wildman–Crippen MR) is 213 cm³/mol. The molecule has 0 aliphatic rings. The monoisotopic (exact) mass is 641 g/mol. The quantitative estimate of drug-likeness (QED) is 0.172. The molecule has 9 rings (SSSR count). The first kappa shape index (κ1) is 29.6. The molecule has 0 spiro atoms. The van der Waals surface area contributed by atoms with Gasteiger partial charge in [0.15, 0.2) is 0 Å². The molecule has 0 aliphatic heterocycles. The van der Waals surface area contributed by atoms with Crippen molar-refractivity contribution in [1.29, 1.82) is 0 Å². The molecule has 238 valence electrons. The summed E-state index contributed by atoms with van der Waals surface area (Å²) >= 11 is 0. The number of fused-ring (bicyclic) bond motifs is 5. The van der Waals surface area contributed by atoms with Crippen LogP contribution in [0.1, 0.15) is 0 Å². The van der Waals surface area contributed by atoms with Gasteiger partial charge in [-0.15, -0.1) is 0 Å². The zero-order valence-electron chi connectivity index (χ0n) is 27.8. The standard InChI is InChI=1S/C47H35N3/c1-48(37-16-7-3-8-17-37)38-26-28-40(29-27-38)49(39-18-9-4-10-19-39)42-30-32-45-44(33-42)47-43-20-12-11-15-36(43)23-31-46(47)50(45)41-24-21-35(22-25-41)34-13-5-2-6-14-34/h2-33H,1H3. The molecule has 0 aliphatic carbocycles. The molecular formula is C47H35N3. The fourth-order valence-electron chi connectivity index (χ4n) is 7.28. The molecule has 0 N–H and O–H groups in total. The second-order valence-corrected chi connectivity index (χ2v) is 12.7. The maximum absolute atomic E-state index is 2.41. The van der Waals surface area contributed by atoms with Crippen LogP contribution in [0, 0.1) is 0 Å². The zero-order valence-corrected chi connectivity index (χ0v) is 27.8. The summed E-state index contributed by atoms with van der Waals surface area (Å²) in [4.78, 5) is 4.57. The molecule has 1 heterocycles. The van der Waals surface area contributed by atoms with Crippen LogP contribution in [-0.2, 0) is 0 Å². The van der Waals surface area contributed by atoms with Crippen LogP contribution in [0.2, 0.25) is 0 Å². The second kappa shape index (κ2) is 12.5. The fraction of sp³-hybridized carbons (Fsp3) is 0.0213. The van der Waals surface area contributed by atoms with E-state index >= 15 is 0 Å². The van der Waals surface area contributed by atoms with Crippen molar-refractivity contribution in [1.82, 2.24) is 4.57 Å². The zero-order chi connectivity index (χ0) is 33.4. The summed E-state index contributed by atoms with van der Waals surface area (Å²) in [6.45, 7) is 0. The summed E-state index contributed by atoms with van der Waals surface area (Å²) in [5.41, 5.74) is 11.6. The van der Waals surface area contributed by atoms with Crippen molar-refractivity contribution in [3.63, 3.8) is 0 Å². The largest absolute Gasteiger partial charge is 0.345 e. The Hall–Kier alpha value is -6.58. The average molecular weight is 642 g/mol. The lowest BCUT2D eigenvalue weighted by molar-refractivity contribution is 1.18. The number of nitrogens with zero attached hydrogens (tertiary/aromatic N) is 3. The van der Waals surface area contributed by atoms with Gasteiger partial charge in [-0.1, -0.05) is 109 Å². The van der Waals surface area contributed by atoms with E-state index in [1.54, 1.807) is 0 Å². The van der Waals surface area contributed by atoms with Crippen molar-refractivity contribution in [2.24, 2.45) is 0 Å². The lowest BCUT2D eigenvalue weighted by Gasteiger charge is -2.27. The molecular weight excluding hydrogens is 607 g/mol. The van der Waals surface area contributed by atoms with Gasteiger partial charge in [0, 0.05) is 51.9 Å².